The zero-order chi connectivity index (χ0) is 39.0. The molecule has 0 saturated heterocycles. The Balaban J connectivity index is 0.00000161. The first kappa shape index (κ1) is 52.9. The van der Waals surface area contributed by atoms with Crippen LogP contribution < -0.4 is 31.8 Å². The van der Waals surface area contributed by atoms with Crippen molar-refractivity contribution in [3.05, 3.63) is 215 Å². The third kappa shape index (κ3) is 13.9. The Bertz CT molecular complexity index is 1770. The van der Waals surface area contributed by atoms with Crippen molar-refractivity contribution in [2.24, 2.45) is 0 Å². The summed E-state index contributed by atoms with van der Waals surface area (Å²) in [6, 6.07) is 67.9. The van der Waals surface area contributed by atoms with Gasteiger partial charge in [-0.3, -0.25) is 0 Å². The molecule has 0 spiro atoms. The van der Waals surface area contributed by atoms with Crippen LogP contribution in [0.1, 0.15) is 33.4 Å². The van der Waals surface area contributed by atoms with Crippen LogP contribution in [0.3, 0.4) is 0 Å². The van der Waals surface area contributed by atoms with Crippen molar-refractivity contribution < 1.29 is 67.1 Å². The average Bonchev–Trinajstić information content (AvgIpc) is 3.27. The van der Waals surface area contributed by atoms with Gasteiger partial charge in [-0.15, -0.1) is 0 Å². The summed E-state index contributed by atoms with van der Waals surface area (Å²) in [5.74, 6) is 0. The Morgan fingerprint density at radius 1 is 0.293 bits per heavy atom. The molecule has 0 saturated carbocycles. The molecule has 0 aliphatic heterocycles. The Morgan fingerprint density at radius 2 is 0.431 bits per heavy atom. The zero-order valence-corrected chi connectivity index (χ0v) is 44.8. The molecule has 0 unspecified atom stereocenters. The van der Waals surface area contributed by atoms with Crippen LogP contribution in [0.15, 0.2) is 182 Å². The van der Waals surface area contributed by atoms with Crippen molar-refractivity contribution in [2.45, 2.75) is 39.3 Å². The first-order chi connectivity index (χ1) is 27.1. The standard InChI is InChI=1S/C48H45P3.2CH4S.3Au/c1-37-46(34-49(40-22-10-4-11-23-40)41-24-12-5-13-25-41)38(2)48(36-51(44-30-18-8-19-31-44)45-32-20-9-21-33-45)39(3)47(37)35-50(42-26-14-6-15-27-42)43-28-16-7-17-29-43;2*1-2;;;/h4-33H,34-36H2,1-3H3;2*2H,1H3;;;/q;;;;;+1/p+1. The summed E-state index contributed by atoms with van der Waals surface area (Å²) < 4.78 is 0. The van der Waals surface area contributed by atoms with Crippen LogP contribution in [-0.2, 0) is 111 Å². The van der Waals surface area contributed by atoms with Gasteiger partial charge in [0, 0.05) is 44.8 Å². The molecule has 7 rings (SSSR count). The third-order valence-electron chi connectivity index (χ3n) is 10.5. The van der Waals surface area contributed by atoms with E-state index in [1.54, 1.807) is 29.2 Å². The van der Waals surface area contributed by atoms with Gasteiger partial charge < -0.3 is 25.3 Å². The second-order valence-corrected chi connectivity index (χ2v) is 20.9. The molecule has 58 heavy (non-hydrogen) atoms. The molecule has 7 aromatic carbocycles. The van der Waals surface area contributed by atoms with Crippen molar-refractivity contribution in [2.75, 3.05) is 12.5 Å². The van der Waals surface area contributed by atoms with Gasteiger partial charge in [-0.25, -0.2) is 0 Å². The summed E-state index contributed by atoms with van der Waals surface area (Å²) in [4.78, 5) is 0. The van der Waals surface area contributed by atoms with E-state index >= 15 is 0 Å². The van der Waals surface area contributed by atoms with E-state index in [2.05, 4.69) is 228 Å². The predicted octanol–water partition coefficient (Wildman–Crippen LogP) is 10.0. The monoisotopic (exact) mass is 1400 g/mol. The molecule has 0 heterocycles. The topological polar surface area (TPSA) is 0 Å². The maximum Gasteiger partial charge on any atom is 1.00 e. The van der Waals surface area contributed by atoms with Gasteiger partial charge in [0.1, 0.15) is 0 Å². The van der Waals surface area contributed by atoms with Crippen LogP contribution in [0.2, 0.25) is 0 Å². The van der Waals surface area contributed by atoms with Gasteiger partial charge in [0.2, 0.25) is 0 Å². The Morgan fingerprint density at radius 3 is 0.569 bits per heavy atom. The second-order valence-electron chi connectivity index (χ2n) is 13.5. The molecule has 0 aliphatic carbocycles. The van der Waals surface area contributed by atoms with E-state index in [-0.39, 0.29) is 67.1 Å². The minimum absolute atomic E-state index is 0. The molecule has 0 nitrogen and oxygen atoms in total. The van der Waals surface area contributed by atoms with Gasteiger partial charge in [-0.05, 0) is 127 Å². The minimum Gasteiger partial charge on any atom is -0.796 e. The van der Waals surface area contributed by atoms with E-state index in [9.17, 15) is 0 Å². The predicted molar refractivity (Wildman–Crippen MR) is 260 cm³/mol. The molecule has 0 atom stereocenters. The average molecular weight is 1400 g/mol. The molecule has 0 bridgehead atoms. The van der Waals surface area contributed by atoms with Gasteiger partial charge in [0.05, 0.1) is 74.1 Å². The Labute approximate surface area is 410 Å². The summed E-state index contributed by atoms with van der Waals surface area (Å²) in [7, 11) is -3.26. The molecule has 2 radical (unpaired) electrons. The summed E-state index contributed by atoms with van der Waals surface area (Å²) in [6.07, 6.45) is 6.40. The van der Waals surface area contributed by atoms with Crippen LogP contribution in [0, 0.1) is 20.8 Å². The molecular formula is C50H54Au3P3S2+2. The summed E-state index contributed by atoms with van der Waals surface area (Å²) >= 11 is 8.17. The van der Waals surface area contributed by atoms with Crippen LogP contribution in [0.25, 0.3) is 0 Å². The largest absolute Gasteiger partial charge is 1.00 e. The third-order valence-corrected chi connectivity index (χ3v) is 18.8. The first-order valence-corrected chi connectivity index (χ1v) is 25.7. The summed E-state index contributed by atoms with van der Waals surface area (Å²) in [5, 5.41) is 8.88. The number of rotatable bonds is 12. The fourth-order valence-corrected chi connectivity index (χ4v) is 16.1. The Kier molecular flexibility index (Phi) is 25.9. The SMILES string of the molecule is C[S-].C[S-].Cc1c(C[PH+](c2ccccc2)c2ccccc2)c(C)c(C[PH+](c2ccccc2)c2ccccc2)c(C)c1C[PH+](c1ccccc1)c1ccccc1.[Au+].[Au].[Au]. The maximum absolute atomic E-state index is 4.08. The fraction of sp³-hybridized carbons (Fsp3) is 0.160. The normalized spacial score (nSPS) is 10.2. The van der Waals surface area contributed by atoms with Gasteiger partial charge in [-0.2, -0.15) is 12.5 Å². The molecule has 8 heteroatoms. The van der Waals surface area contributed by atoms with E-state index in [1.165, 1.54) is 48.5 Å². The fourth-order valence-electron chi connectivity index (χ4n) is 7.66. The van der Waals surface area contributed by atoms with E-state index < -0.39 is 23.8 Å². The summed E-state index contributed by atoms with van der Waals surface area (Å²) in [5.41, 5.74) is 9.22. The van der Waals surface area contributed by atoms with Crippen LogP contribution >= 0.6 is 23.8 Å². The molecule has 0 aromatic heterocycles. The second kappa shape index (κ2) is 28.4. The van der Waals surface area contributed by atoms with E-state index in [0.29, 0.717) is 0 Å². The van der Waals surface area contributed by atoms with Gasteiger partial charge in [0.25, 0.3) is 0 Å². The van der Waals surface area contributed by atoms with E-state index in [0.717, 1.165) is 18.5 Å². The number of hydrogen-bond acceptors (Lipinski definition) is 2. The van der Waals surface area contributed by atoms with Crippen LogP contribution in [0.4, 0.5) is 0 Å². The van der Waals surface area contributed by atoms with Crippen LogP contribution in [0.5, 0.6) is 0 Å². The zero-order valence-electron chi connectivity index (χ0n) is 33.7. The molecule has 0 N–H and O–H groups in total. The molecule has 0 aliphatic rings. The van der Waals surface area contributed by atoms with Crippen LogP contribution in [-0.4, -0.2) is 12.5 Å². The van der Waals surface area contributed by atoms with Gasteiger partial charge in [0.15, 0.2) is 0 Å². The molecule has 0 fully saturated rings. The summed E-state index contributed by atoms with van der Waals surface area (Å²) in [6.45, 7) is 7.33. The van der Waals surface area contributed by atoms with E-state index in [1.807, 2.05) is 0 Å². The molecule has 0 amide bonds. The smallest absolute Gasteiger partial charge is 0.796 e. The van der Waals surface area contributed by atoms with Crippen molar-refractivity contribution >= 4 is 80.8 Å². The quantitative estimate of drug-likeness (QED) is 0.0680. The number of benzene rings is 7. The molecular weight excluding hydrogens is 1350 g/mol. The Hall–Kier alpha value is -1.25. The van der Waals surface area contributed by atoms with Crippen molar-refractivity contribution in [3.63, 3.8) is 0 Å². The van der Waals surface area contributed by atoms with Crippen molar-refractivity contribution in [1.29, 1.82) is 0 Å². The van der Waals surface area contributed by atoms with E-state index in [4.69, 9.17) is 0 Å². The number of hydrogen-bond donors (Lipinski definition) is 0. The van der Waals surface area contributed by atoms with Gasteiger partial charge >= 0.3 is 22.4 Å². The molecule has 7 aromatic rings. The van der Waals surface area contributed by atoms with Crippen molar-refractivity contribution in [1.82, 2.24) is 0 Å². The van der Waals surface area contributed by atoms with Gasteiger partial charge in [-0.1, -0.05) is 109 Å². The first-order valence-electron chi connectivity index (χ1n) is 18.9. The van der Waals surface area contributed by atoms with Crippen molar-refractivity contribution in [3.8, 4) is 0 Å². The minimum atomic E-state index is -1.09. The maximum atomic E-state index is 4.08. The molecule has 312 valence electrons.